The Morgan fingerprint density at radius 2 is 2.25 bits per heavy atom. The maximum absolute atomic E-state index is 12.6. The molecule has 1 N–H and O–H groups in total. The summed E-state index contributed by atoms with van der Waals surface area (Å²) in [6, 6.07) is 3.47. The van der Waals surface area contributed by atoms with Crippen LogP contribution in [0.2, 0.25) is 0 Å². The Kier molecular flexibility index (Phi) is 2.50. The molecule has 12 heavy (non-hydrogen) atoms. The van der Waals surface area contributed by atoms with Gasteiger partial charge in [-0.25, -0.2) is 4.39 Å². The minimum absolute atomic E-state index is 0.0754. The molecule has 64 valence electrons. The molecule has 0 aliphatic rings. The van der Waals surface area contributed by atoms with E-state index in [2.05, 4.69) is 5.18 Å². The Bertz CT molecular complexity index is 299. The molecule has 1 rings (SSSR count). The number of aliphatic hydroxyl groups excluding tert-OH is 1. The van der Waals surface area contributed by atoms with Crippen LogP contribution in [-0.2, 0) is 0 Å². The third-order valence-corrected chi connectivity index (χ3v) is 1.54. The molecule has 0 saturated heterocycles. The number of nitrogens with zero attached hydrogens (tertiary/aromatic N) is 1. The fourth-order valence-corrected chi connectivity index (χ4v) is 0.943. The molecule has 0 radical (unpaired) electrons. The smallest absolute Gasteiger partial charge is 0.123 e. The topological polar surface area (TPSA) is 49.7 Å². The maximum atomic E-state index is 12.6. The maximum Gasteiger partial charge on any atom is 0.123 e. The van der Waals surface area contributed by atoms with E-state index in [-0.39, 0.29) is 11.3 Å². The number of aliphatic hydroxyl groups is 1. The van der Waals surface area contributed by atoms with E-state index in [1.54, 1.807) is 0 Å². The standard InChI is InChI=1S/C8H8FNO2/c1-5(11)7-4-6(9)2-3-8(7)10-12/h2-5,11H,1H3. The predicted molar refractivity (Wildman–Crippen MR) is 42.5 cm³/mol. The van der Waals surface area contributed by atoms with Crippen LogP contribution in [-0.4, -0.2) is 5.11 Å². The summed E-state index contributed by atoms with van der Waals surface area (Å²) in [7, 11) is 0. The van der Waals surface area contributed by atoms with E-state index in [9.17, 15) is 9.30 Å². The number of nitroso groups, excluding NO2 is 1. The lowest BCUT2D eigenvalue weighted by molar-refractivity contribution is 0.199. The zero-order valence-corrected chi connectivity index (χ0v) is 6.49. The first-order chi connectivity index (χ1) is 5.65. The molecule has 1 atom stereocenters. The Labute approximate surface area is 68.8 Å². The summed E-state index contributed by atoms with van der Waals surface area (Å²) < 4.78 is 12.6. The van der Waals surface area contributed by atoms with Gasteiger partial charge in [0.1, 0.15) is 11.5 Å². The van der Waals surface area contributed by atoms with Gasteiger partial charge in [0.25, 0.3) is 0 Å². The molecule has 1 unspecified atom stereocenters. The molecule has 0 fully saturated rings. The number of halogens is 1. The lowest BCUT2D eigenvalue weighted by Gasteiger charge is -2.05. The molecule has 0 amide bonds. The molecule has 4 heteroatoms. The number of hydrogen-bond donors (Lipinski definition) is 1. The Morgan fingerprint density at radius 1 is 1.58 bits per heavy atom. The van der Waals surface area contributed by atoms with Crippen LogP contribution in [0.25, 0.3) is 0 Å². The average Bonchev–Trinajstić information content (AvgIpc) is 2.04. The highest BCUT2D eigenvalue weighted by Gasteiger charge is 2.08. The van der Waals surface area contributed by atoms with Gasteiger partial charge < -0.3 is 5.11 Å². The predicted octanol–water partition coefficient (Wildman–Crippen LogP) is 2.28. The number of hydrogen-bond acceptors (Lipinski definition) is 3. The second-order valence-corrected chi connectivity index (χ2v) is 2.47. The average molecular weight is 169 g/mol. The van der Waals surface area contributed by atoms with E-state index in [1.807, 2.05) is 0 Å². The Morgan fingerprint density at radius 3 is 2.75 bits per heavy atom. The van der Waals surface area contributed by atoms with E-state index in [0.717, 1.165) is 12.1 Å². The number of rotatable bonds is 2. The van der Waals surface area contributed by atoms with Crippen molar-refractivity contribution in [1.82, 2.24) is 0 Å². The summed E-state index contributed by atoms with van der Waals surface area (Å²) in [6.07, 6.45) is -0.881. The molecule has 0 aliphatic heterocycles. The van der Waals surface area contributed by atoms with Crippen LogP contribution in [0.3, 0.4) is 0 Å². The number of benzene rings is 1. The van der Waals surface area contributed by atoms with Crippen LogP contribution in [0.1, 0.15) is 18.6 Å². The quantitative estimate of drug-likeness (QED) is 0.690. The summed E-state index contributed by atoms with van der Waals surface area (Å²) >= 11 is 0. The third kappa shape index (κ3) is 1.65. The van der Waals surface area contributed by atoms with E-state index in [4.69, 9.17) is 5.11 Å². The van der Waals surface area contributed by atoms with Crippen LogP contribution in [0.4, 0.5) is 10.1 Å². The first-order valence-electron chi connectivity index (χ1n) is 3.46. The molecule has 0 bridgehead atoms. The second-order valence-electron chi connectivity index (χ2n) is 2.47. The molecule has 1 aromatic rings. The van der Waals surface area contributed by atoms with Gasteiger partial charge in [-0.1, -0.05) is 0 Å². The van der Waals surface area contributed by atoms with Gasteiger partial charge >= 0.3 is 0 Å². The van der Waals surface area contributed by atoms with Crippen molar-refractivity contribution in [3.05, 3.63) is 34.5 Å². The molecular weight excluding hydrogens is 161 g/mol. The lowest BCUT2D eigenvalue weighted by atomic mass is 10.1. The highest BCUT2D eigenvalue weighted by Crippen LogP contribution is 2.25. The fourth-order valence-electron chi connectivity index (χ4n) is 0.943. The minimum Gasteiger partial charge on any atom is -0.389 e. The van der Waals surface area contributed by atoms with Gasteiger partial charge in [-0.3, -0.25) is 0 Å². The van der Waals surface area contributed by atoms with Crippen LogP contribution >= 0.6 is 0 Å². The Balaban J connectivity index is 3.21. The van der Waals surface area contributed by atoms with E-state index >= 15 is 0 Å². The van der Waals surface area contributed by atoms with Crippen molar-refractivity contribution in [3.63, 3.8) is 0 Å². The molecule has 0 aliphatic carbocycles. The SMILES string of the molecule is CC(O)c1cc(F)ccc1N=O. The van der Waals surface area contributed by atoms with Gasteiger partial charge in [-0.2, -0.15) is 0 Å². The van der Waals surface area contributed by atoms with Gasteiger partial charge in [0.15, 0.2) is 0 Å². The Hall–Kier alpha value is -1.29. The molecule has 3 nitrogen and oxygen atoms in total. The van der Waals surface area contributed by atoms with Crippen LogP contribution in [0.15, 0.2) is 23.4 Å². The summed E-state index contributed by atoms with van der Waals surface area (Å²) in [5.41, 5.74) is 0.288. The molecule has 0 saturated carbocycles. The molecule has 1 aromatic carbocycles. The minimum atomic E-state index is -0.881. The van der Waals surface area contributed by atoms with Crippen LogP contribution < -0.4 is 0 Å². The van der Waals surface area contributed by atoms with Crippen molar-refractivity contribution < 1.29 is 9.50 Å². The van der Waals surface area contributed by atoms with Crippen molar-refractivity contribution in [3.8, 4) is 0 Å². The van der Waals surface area contributed by atoms with Crippen molar-refractivity contribution in [2.45, 2.75) is 13.0 Å². The van der Waals surface area contributed by atoms with Gasteiger partial charge in [0.05, 0.1) is 6.10 Å². The lowest BCUT2D eigenvalue weighted by Crippen LogP contribution is -1.92. The van der Waals surface area contributed by atoms with Crippen molar-refractivity contribution in [2.75, 3.05) is 0 Å². The molecular formula is C8H8FNO2. The molecule has 0 aromatic heterocycles. The second kappa shape index (κ2) is 3.40. The third-order valence-electron chi connectivity index (χ3n) is 1.54. The van der Waals surface area contributed by atoms with Crippen molar-refractivity contribution >= 4 is 5.69 Å². The van der Waals surface area contributed by atoms with Crippen LogP contribution in [0, 0.1) is 10.7 Å². The normalized spacial score (nSPS) is 12.6. The molecule has 0 spiro atoms. The zero-order chi connectivity index (χ0) is 9.14. The summed E-state index contributed by atoms with van der Waals surface area (Å²) in [5.74, 6) is -0.488. The highest BCUT2D eigenvalue weighted by atomic mass is 19.1. The first kappa shape index (κ1) is 8.80. The summed E-state index contributed by atoms with van der Waals surface area (Å²) in [5, 5.41) is 11.8. The van der Waals surface area contributed by atoms with Gasteiger partial charge in [0, 0.05) is 5.56 Å². The zero-order valence-electron chi connectivity index (χ0n) is 6.49. The van der Waals surface area contributed by atoms with Gasteiger partial charge in [-0.15, -0.1) is 4.91 Å². The van der Waals surface area contributed by atoms with Crippen molar-refractivity contribution in [2.24, 2.45) is 5.18 Å². The van der Waals surface area contributed by atoms with Crippen LogP contribution in [0.5, 0.6) is 0 Å². The highest BCUT2D eigenvalue weighted by molar-refractivity contribution is 5.46. The largest absolute Gasteiger partial charge is 0.389 e. The van der Waals surface area contributed by atoms with E-state index in [1.165, 1.54) is 13.0 Å². The fraction of sp³-hybridized carbons (Fsp3) is 0.250. The monoisotopic (exact) mass is 169 g/mol. The van der Waals surface area contributed by atoms with E-state index < -0.39 is 11.9 Å². The van der Waals surface area contributed by atoms with E-state index in [0.29, 0.717) is 0 Å². The van der Waals surface area contributed by atoms with Gasteiger partial charge in [-0.05, 0) is 30.3 Å². The van der Waals surface area contributed by atoms with Crippen molar-refractivity contribution in [1.29, 1.82) is 0 Å². The summed E-state index contributed by atoms with van der Waals surface area (Å²) in [4.78, 5) is 10.2. The summed E-state index contributed by atoms with van der Waals surface area (Å²) in [6.45, 7) is 1.45. The molecule has 0 heterocycles. The van der Waals surface area contributed by atoms with Gasteiger partial charge in [0.2, 0.25) is 0 Å². The first-order valence-corrected chi connectivity index (χ1v) is 3.46.